The summed E-state index contributed by atoms with van der Waals surface area (Å²) in [6, 6.07) is 6.26. The van der Waals surface area contributed by atoms with Gasteiger partial charge in [-0.2, -0.15) is 0 Å². The Morgan fingerprint density at radius 3 is 2.21 bits per heavy atom. The molecule has 1 aromatic heterocycles. The van der Waals surface area contributed by atoms with Crippen molar-refractivity contribution in [1.29, 1.82) is 0 Å². The first-order chi connectivity index (χ1) is 16.2. The summed E-state index contributed by atoms with van der Waals surface area (Å²) in [6.45, 7) is 8.22. The molecule has 1 aliphatic carbocycles. The maximum atomic E-state index is 6.21. The lowest BCUT2D eigenvalue weighted by molar-refractivity contribution is 0.178. The van der Waals surface area contributed by atoms with Gasteiger partial charge in [0.25, 0.3) is 0 Å². The van der Waals surface area contributed by atoms with Crippen LogP contribution in [0.2, 0.25) is 0 Å². The van der Waals surface area contributed by atoms with Crippen LogP contribution in [0.25, 0.3) is 11.4 Å². The van der Waals surface area contributed by atoms with Gasteiger partial charge in [0, 0.05) is 5.56 Å². The standard InChI is InChI=1S/C29H44N2O2/c1-4-6-7-8-9-10-18-32-27-20-30-29(31-21-27)26-16-17-28(23(3)19-26)33-22-25-14-12-24(11-5-2)13-15-25/h16-17,19-21,24-25H,4-15,18,22H2,1-3H3/t24-,25-. The van der Waals surface area contributed by atoms with Crippen LogP contribution < -0.4 is 9.47 Å². The fourth-order valence-corrected chi connectivity index (χ4v) is 4.87. The van der Waals surface area contributed by atoms with E-state index in [1.165, 1.54) is 70.6 Å². The summed E-state index contributed by atoms with van der Waals surface area (Å²) in [5, 5.41) is 0. The van der Waals surface area contributed by atoms with Gasteiger partial charge in [0.05, 0.1) is 25.6 Å². The molecule has 2 aromatic rings. The van der Waals surface area contributed by atoms with Gasteiger partial charge in [-0.3, -0.25) is 0 Å². The summed E-state index contributed by atoms with van der Waals surface area (Å²) >= 11 is 0. The van der Waals surface area contributed by atoms with Crippen molar-refractivity contribution in [3.8, 4) is 22.9 Å². The van der Waals surface area contributed by atoms with Gasteiger partial charge in [0.15, 0.2) is 11.6 Å². The quantitative estimate of drug-likeness (QED) is 0.271. The third kappa shape index (κ3) is 8.64. The molecular formula is C29H44N2O2. The Labute approximate surface area is 201 Å². The van der Waals surface area contributed by atoms with Gasteiger partial charge in [-0.1, -0.05) is 71.6 Å². The molecule has 1 saturated carbocycles. The highest BCUT2D eigenvalue weighted by atomic mass is 16.5. The lowest BCUT2D eigenvalue weighted by atomic mass is 9.80. The molecule has 4 heteroatoms. The van der Waals surface area contributed by atoms with E-state index in [-0.39, 0.29) is 0 Å². The molecule has 0 N–H and O–H groups in total. The van der Waals surface area contributed by atoms with Crippen LogP contribution in [-0.2, 0) is 0 Å². The lowest BCUT2D eigenvalue weighted by Crippen LogP contribution is -2.20. The van der Waals surface area contributed by atoms with Crippen LogP contribution in [0.4, 0.5) is 0 Å². The molecule has 1 aromatic carbocycles. The first-order valence-electron chi connectivity index (χ1n) is 13.4. The average molecular weight is 453 g/mol. The van der Waals surface area contributed by atoms with Crippen molar-refractivity contribution in [3.05, 3.63) is 36.2 Å². The molecule has 3 rings (SSSR count). The molecule has 0 spiro atoms. The molecule has 1 fully saturated rings. The van der Waals surface area contributed by atoms with Crippen molar-refractivity contribution >= 4 is 0 Å². The van der Waals surface area contributed by atoms with Crippen molar-refractivity contribution in [2.75, 3.05) is 13.2 Å². The maximum Gasteiger partial charge on any atom is 0.159 e. The second-order valence-electron chi connectivity index (χ2n) is 9.83. The number of aryl methyl sites for hydroxylation is 1. The van der Waals surface area contributed by atoms with Gasteiger partial charge < -0.3 is 9.47 Å². The molecule has 0 bridgehead atoms. The normalized spacial score (nSPS) is 18.3. The molecule has 0 amide bonds. The number of rotatable bonds is 14. The lowest BCUT2D eigenvalue weighted by Gasteiger charge is -2.28. The topological polar surface area (TPSA) is 44.2 Å². The van der Waals surface area contributed by atoms with E-state index in [4.69, 9.17) is 9.47 Å². The van der Waals surface area contributed by atoms with Crippen LogP contribution in [0.5, 0.6) is 11.5 Å². The van der Waals surface area contributed by atoms with E-state index in [9.17, 15) is 0 Å². The highest BCUT2D eigenvalue weighted by Gasteiger charge is 2.21. The van der Waals surface area contributed by atoms with Crippen molar-refractivity contribution in [2.24, 2.45) is 11.8 Å². The minimum absolute atomic E-state index is 0.699. The zero-order chi connectivity index (χ0) is 23.3. The second-order valence-corrected chi connectivity index (χ2v) is 9.83. The van der Waals surface area contributed by atoms with Crippen LogP contribution in [0, 0.1) is 18.8 Å². The van der Waals surface area contributed by atoms with Crippen LogP contribution in [-0.4, -0.2) is 23.2 Å². The number of hydrogen-bond acceptors (Lipinski definition) is 4. The van der Waals surface area contributed by atoms with Crippen LogP contribution in [0.1, 0.15) is 96.5 Å². The number of unbranched alkanes of at least 4 members (excludes halogenated alkanes) is 5. The molecule has 1 aliphatic rings. The fourth-order valence-electron chi connectivity index (χ4n) is 4.87. The molecular weight excluding hydrogens is 408 g/mol. The number of nitrogens with zero attached hydrogens (tertiary/aromatic N) is 2. The largest absolute Gasteiger partial charge is 0.493 e. The summed E-state index contributed by atoms with van der Waals surface area (Å²) in [6.07, 6.45) is 19.2. The Morgan fingerprint density at radius 2 is 1.52 bits per heavy atom. The molecule has 0 unspecified atom stereocenters. The molecule has 1 heterocycles. The summed E-state index contributed by atoms with van der Waals surface area (Å²) in [5.41, 5.74) is 2.15. The highest BCUT2D eigenvalue weighted by Crippen LogP contribution is 2.32. The minimum Gasteiger partial charge on any atom is -0.493 e. The zero-order valence-corrected chi connectivity index (χ0v) is 21.2. The van der Waals surface area contributed by atoms with Crippen molar-refractivity contribution in [2.45, 2.75) is 97.8 Å². The number of aromatic nitrogens is 2. The summed E-state index contributed by atoms with van der Waals surface area (Å²) in [4.78, 5) is 9.05. The van der Waals surface area contributed by atoms with Gasteiger partial charge in [-0.15, -0.1) is 0 Å². The molecule has 182 valence electrons. The Morgan fingerprint density at radius 1 is 0.818 bits per heavy atom. The Balaban J connectivity index is 1.42. The average Bonchev–Trinajstić information content (AvgIpc) is 2.84. The van der Waals surface area contributed by atoms with Gasteiger partial charge >= 0.3 is 0 Å². The molecule has 0 aliphatic heterocycles. The van der Waals surface area contributed by atoms with E-state index in [2.05, 4.69) is 48.9 Å². The van der Waals surface area contributed by atoms with Crippen molar-refractivity contribution < 1.29 is 9.47 Å². The van der Waals surface area contributed by atoms with Gasteiger partial charge in [-0.25, -0.2) is 9.97 Å². The van der Waals surface area contributed by atoms with Gasteiger partial charge in [0.1, 0.15) is 5.75 Å². The third-order valence-corrected chi connectivity index (χ3v) is 6.97. The van der Waals surface area contributed by atoms with Gasteiger partial charge in [0.2, 0.25) is 0 Å². The Bertz CT molecular complexity index is 798. The van der Waals surface area contributed by atoms with E-state index < -0.39 is 0 Å². The zero-order valence-electron chi connectivity index (χ0n) is 21.2. The van der Waals surface area contributed by atoms with Crippen LogP contribution in [0.3, 0.4) is 0 Å². The van der Waals surface area contributed by atoms with E-state index >= 15 is 0 Å². The second kappa shape index (κ2) is 14.2. The van der Waals surface area contributed by atoms with E-state index in [0.29, 0.717) is 5.92 Å². The summed E-state index contributed by atoms with van der Waals surface area (Å²) < 4.78 is 12.0. The van der Waals surface area contributed by atoms with Crippen molar-refractivity contribution in [1.82, 2.24) is 9.97 Å². The number of hydrogen-bond donors (Lipinski definition) is 0. The molecule has 4 nitrogen and oxygen atoms in total. The predicted octanol–water partition coefficient (Wildman–Crippen LogP) is 8.18. The highest BCUT2D eigenvalue weighted by molar-refractivity contribution is 5.58. The number of ether oxygens (including phenoxy) is 2. The maximum absolute atomic E-state index is 6.21. The summed E-state index contributed by atoms with van der Waals surface area (Å²) in [5.74, 6) is 4.10. The third-order valence-electron chi connectivity index (χ3n) is 6.97. The SMILES string of the molecule is CCCCCCCCOc1cnc(-c2ccc(OC[C@H]3CC[C@H](CCC)CC3)c(C)c2)nc1. The molecule has 0 saturated heterocycles. The van der Waals surface area contributed by atoms with E-state index in [1.54, 1.807) is 12.4 Å². The predicted molar refractivity (Wildman–Crippen MR) is 137 cm³/mol. The van der Waals surface area contributed by atoms with Gasteiger partial charge in [-0.05, 0) is 61.8 Å². The summed E-state index contributed by atoms with van der Waals surface area (Å²) in [7, 11) is 0. The van der Waals surface area contributed by atoms with Crippen LogP contribution >= 0.6 is 0 Å². The van der Waals surface area contributed by atoms with E-state index in [0.717, 1.165) is 54.0 Å². The number of benzene rings is 1. The Hall–Kier alpha value is -2.10. The molecule has 0 radical (unpaired) electrons. The fraction of sp³-hybridized carbons (Fsp3) is 0.655. The minimum atomic E-state index is 0.699. The first kappa shape index (κ1) is 25.5. The monoisotopic (exact) mass is 452 g/mol. The molecule has 33 heavy (non-hydrogen) atoms. The smallest absolute Gasteiger partial charge is 0.159 e. The van der Waals surface area contributed by atoms with Crippen LogP contribution in [0.15, 0.2) is 30.6 Å². The van der Waals surface area contributed by atoms with Crippen molar-refractivity contribution in [3.63, 3.8) is 0 Å². The first-order valence-corrected chi connectivity index (χ1v) is 13.4. The molecule has 0 atom stereocenters. The van der Waals surface area contributed by atoms with E-state index in [1.807, 2.05) is 0 Å². The Kier molecular flexibility index (Phi) is 11.0.